The Labute approximate surface area is 109 Å². The summed E-state index contributed by atoms with van der Waals surface area (Å²) in [4.78, 5) is 14.7. The first-order chi connectivity index (χ1) is 9.08. The molecule has 0 unspecified atom stereocenters. The Kier molecular flexibility index (Phi) is 3.87. The molecule has 0 bridgehead atoms. The average molecular weight is 260 g/mol. The van der Waals surface area contributed by atoms with Gasteiger partial charge in [-0.1, -0.05) is 18.2 Å². The lowest BCUT2D eigenvalue weighted by molar-refractivity contribution is -0.138. The number of hydrogen-bond acceptors (Lipinski definition) is 3. The summed E-state index contributed by atoms with van der Waals surface area (Å²) in [6.07, 6.45) is 3.23. The number of nitrogens with two attached hydrogens (primary N) is 1. The van der Waals surface area contributed by atoms with E-state index in [0.29, 0.717) is 16.7 Å². The van der Waals surface area contributed by atoms with Crippen molar-refractivity contribution in [3.8, 4) is 11.1 Å². The van der Waals surface area contributed by atoms with Crippen molar-refractivity contribution >= 4 is 5.97 Å². The number of aliphatic carboxylic acids is 1. The number of carbonyl (C=O) groups is 1. The molecule has 1 aromatic heterocycles. The van der Waals surface area contributed by atoms with Crippen molar-refractivity contribution in [1.82, 2.24) is 4.98 Å². The summed E-state index contributed by atoms with van der Waals surface area (Å²) in [5.41, 5.74) is 7.16. The van der Waals surface area contributed by atoms with Gasteiger partial charge in [0.2, 0.25) is 0 Å². The van der Waals surface area contributed by atoms with Crippen molar-refractivity contribution < 1.29 is 14.3 Å². The highest BCUT2D eigenvalue weighted by Crippen LogP contribution is 2.22. The molecule has 0 amide bonds. The standard InChI is InChI=1S/C14H13FN2O2/c15-12-4-2-1-3-11(12)10-5-9(7-17-8-10)6-13(16)14(18)19/h1-5,7-8,13H,6,16H2,(H,18,19)/t13-/m0/s1. The third-order valence-corrected chi connectivity index (χ3v) is 2.75. The first-order valence-electron chi connectivity index (χ1n) is 5.75. The minimum atomic E-state index is -1.07. The van der Waals surface area contributed by atoms with E-state index in [-0.39, 0.29) is 12.2 Å². The quantitative estimate of drug-likeness (QED) is 0.879. The Hall–Kier alpha value is -2.27. The number of carboxylic acid groups (broad SMARTS) is 1. The molecule has 5 heteroatoms. The van der Waals surface area contributed by atoms with Gasteiger partial charge in [0, 0.05) is 23.5 Å². The van der Waals surface area contributed by atoms with Gasteiger partial charge in [-0.2, -0.15) is 0 Å². The monoisotopic (exact) mass is 260 g/mol. The number of hydrogen-bond donors (Lipinski definition) is 2. The zero-order valence-corrected chi connectivity index (χ0v) is 10.1. The summed E-state index contributed by atoms with van der Waals surface area (Å²) >= 11 is 0. The molecule has 0 saturated heterocycles. The van der Waals surface area contributed by atoms with Crippen LogP contribution in [0.5, 0.6) is 0 Å². The van der Waals surface area contributed by atoms with Crippen molar-refractivity contribution in [3.05, 3.63) is 54.1 Å². The summed E-state index contributed by atoms with van der Waals surface area (Å²) < 4.78 is 13.7. The minimum absolute atomic E-state index is 0.157. The molecule has 0 spiro atoms. The second-order valence-corrected chi connectivity index (χ2v) is 4.21. The number of halogens is 1. The Morgan fingerprint density at radius 2 is 2.11 bits per heavy atom. The van der Waals surface area contributed by atoms with Gasteiger partial charge in [0.15, 0.2) is 0 Å². The molecule has 0 aliphatic rings. The second kappa shape index (κ2) is 5.58. The van der Waals surface area contributed by atoms with Crippen LogP contribution in [0.25, 0.3) is 11.1 Å². The third kappa shape index (κ3) is 3.14. The molecule has 0 radical (unpaired) electrons. The Morgan fingerprint density at radius 1 is 1.37 bits per heavy atom. The summed E-state index contributed by atoms with van der Waals surface area (Å²) in [5.74, 6) is -1.42. The molecular weight excluding hydrogens is 247 g/mol. The van der Waals surface area contributed by atoms with Crippen LogP contribution >= 0.6 is 0 Å². The molecule has 1 heterocycles. The van der Waals surface area contributed by atoms with Crippen molar-refractivity contribution in [2.45, 2.75) is 12.5 Å². The predicted octanol–water partition coefficient (Wildman–Crippen LogP) is 1.84. The van der Waals surface area contributed by atoms with Gasteiger partial charge in [-0.15, -0.1) is 0 Å². The smallest absolute Gasteiger partial charge is 0.320 e. The number of benzene rings is 1. The number of rotatable bonds is 4. The van der Waals surface area contributed by atoms with Gasteiger partial charge in [-0.05, 0) is 24.1 Å². The van der Waals surface area contributed by atoms with Crippen molar-refractivity contribution in [3.63, 3.8) is 0 Å². The van der Waals surface area contributed by atoms with E-state index in [0.717, 1.165) is 0 Å². The van der Waals surface area contributed by atoms with Crippen LogP contribution in [0.3, 0.4) is 0 Å². The molecule has 1 atom stereocenters. The van der Waals surface area contributed by atoms with E-state index in [1.807, 2.05) is 0 Å². The lowest BCUT2D eigenvalue weighted by atomic mass is 10.0. The Balaban J connectivity index is 2.30. The van der Waals surface area contributed by atoms with Gasteiger partial charge in [0.25, 0.3) is 0 Å². The summed E-state index contributed by atoms with van der Waals surface area (Å²) in [5, 5.41) is 8.77. The number of aromatic nitrogens is 1. The number of carboxylic acids is 1. The van der Waals surface area contributed by atoms with Crippen LogP contribution in [0, 0.1) is 5.82 Å². The zero-order chi connectivity index (χ0) is 13.8. The van der Waals surface area contributed by atoms with Crippen molar-refractivity contribution in [2.24, 2.45) is 5.73 Å². The van der Waals surface area contributed by atoms with Gasteiger partial charge < -0.3 is 10.8 Å². The molecule has 4 nitrogen and oxygen atoms in total. The van der Waals surface area contributed by atoms with Crippen molar-refractivity contribution in [2.75, 3.05) is 0 Å². The highest BCUT2D eigenvalue weighted by Gasteiger charge is 2.13. The molecule has 1 aromatic carbocycles. The summed E-state index contributed by atoms with van der Waals surface area (Å²) in [6.45, 7) is 0. The van der Waals surface area contributed by atoms with Gasteiger partial charge in [0.05, 0.1) is 0 Å². The van der Waals surface area contributed by atoms with Crippen LogP contribution < -0.4 is 5.73 Å². The fraction of sp³-hybridized carbons (Fsp3) is 0.143. The van der Waals surface area contributed by atoms with Crippen LogP contribution in [0.4, 0.5) is 4.39 Å². The molecule has 2 aromatic rings. The first kappa shape index (κ1) is 13.2. The van der Waals surface area contributed by atoms with Gasteiger partial charge >= 0.3 is 5.97 Å². The fourth-order valence-electron chi connectivity index (χ4n) is 1.78. The van der Waals surface area contributed by atoms with Crippen LogP contribution in [-0.2, 0) is 11.2 Å². The highest BCUT2D eigenvalue weighted by molar-refractivity contribution is 5.73. The predicted molar refractivity (Wildman–Crippen MR) is 68.9 cm³/mol. The van der Waals surface area contributed by atoms with E-state index in [4.69, 9.17) is 10.8 Å². The molecule has 98 valence electrons. The SMILES string of the molecule is N[C@@H](Cc1cncc(-c2ccccc2F)c1)C(=O)O. The normalized spacial score (nSPS) is 12.1. The van der Waals surface area contributed by atoms with E-state index >= 15 is 0 Å². The van der Waals surface area contributed by atoms with E-state index in [1.165, 1.54) is 18.5 Å². The maximum atomic E-state index is 13.7. The number of pyridine rings is 1. The van der Waals surface area contributed by atoms with E-state index in [9.17, 15) is 9.18 Å². The zero-order valence-electron chi connectivity index (χ0n) is 10.1. The maximum Gasteiger partial charge on any atom is 0.320 e. The lowest BCUT2D eigenvalue weighted by Gasteiger charge is -2.08. The van der Waals surface area contributed by atoms with Gasteiger partial charge in [-0.3, -0.25) is 9.78 Å². The van der Waals surface area contributed by atoms with E-state index < -0.39 is 12.0 Å². The summed E-state index contributed by atoms with van der Waals surface area (Å²) in [7, 11) is 0. The van der Waals surface area contributed by atoms with E-state index in [1.54, 1.807) is 24.3 Å². The average Bonchev–Trinajstić information content (AvgIpc) is 2.39. The van der Waals surface area contributed by atoms with E-state index in [2.05, 4.69) is 4.98 Å². The molecule has 19 heavy (non-hydrogen) atoms. The topological polar surface area (TPSA) is 76.2 Å². The maximum absolute atomic E-state index is 13.7. The molecule has 0 aliphatic carbocycles. The van der Waals surface area contributed by atoms with Gasteiger partial charge in [-0.25, -0.2) is 4.39 Å². The van der Waals surface area contributed by atoms with Crippen LogP contribution in [0.15, 0.2) is 42.7 Å². The summed E-state index contributed by atoms with van der Waals surface area (Å²) in [6, 6.07) is 7.06. The first-order valence-corrected chi connectivity index (χ1v) is 5.75. The molecule has 0 fully saturated rings. The molecule has 3 N–H and O–H groups in total. The highest BCUT2D eigenvalue weighted by atomic mass is 19.1. The van der Waals surface area contributed by atoms with Crippen LogP contribution in [-0.4, -0.2) is 22.1 Å². The molecule has 0 aliphatic heterocycles. The van der Waals surface area contributed by atoms with Crippen molar-refractivity contribution in [1.29, 1.82) is 0 Å². The lowest BCUT2D eigenvalue weighted by Crippen LogP contribution is -2.32. The minimum Gasteiger partial charge on any atom is -0.480 e. The largest absolute Gasteiger partial charge is 0.480 e. The Bertz CT molecular complexity index is 602. The third-order valence-electron chi connectivity index (χ3n) is 2.75. The van der Waals surface area contributed by atoms with Gasteiger partial charge in [0.1, 0.15) is 11.9 Å². The van der Waals surface area contributed by atoms with Crippen LogP contribution in [0.1, 0.15) is 5.56 Å². The molecular formula is C14H13FN2O2. The molecule has 0 saturated carbocycles. The fourth-order valence-corrected chi connectivity index (χ4v) is 1.78. The number of nitrogens with zero attached hydrogens (tertiary/aromatic N) is 1. The molecule has 2 rings (SSSR count). The second-order valence-electron chi connectivity index (χ2n) is 4.21. The van der Waals surface area contributed by atoms with Crippen LogP contribution in [0.2, 0.25) is 0 Å². The Morgan fingerprint density at radius 3 is 2.79 bits per heavy atom.